The molecule has 1 aliphatic rings. The van der Waals surface area contributed by atoms with E-state index in [9.17, 15) is 0 Å². The maximum atomic E-state index is 5.29. The molecule has 1 aliphatic heterocycles. The number of para-hydroxylation sites is 1. The van der Waals surface area contributed by atoms with Gasteiger partial charge < -0.3 is 9.47 Å². The zero-order chi connectivity index (χ0) is 7.68. The number of allylic oxidation sites excluding steroid dienone is 1. The van der Waals surface area contributed by atoms with Crippen molar-refractivity contribution in [2.75, 3.05) is 0 Å². The van der Waals surface area contributed by atoms with Crippen LogP contribution < -0.4 is 4.74 Å². The van der Waals surface area contributed by atoms with Gasteiger partial charge in [0.1, 0.15) is 5.75 Å². The van der Waals surface area contributed by atoms with E-state index in [0.717, 1.165) is 11.5 Å². The molecule has 0 bridgehead atoms. The second-order valence-electron chi connectivity index (χ2n) is 2.36. The third kappa shape index (κ3) is 1.34. The van der Waals surface area contributed by atoms with Gasteiger partial charge in [0.05, 0.1) is 0 Å². The molecule has 0 saturated carbocycles. The lowest BCUT2D eigenvalue weighted by Gasteiger charge is -1.95. The summed E-state index contributed by atoms with van der Waals surface area (Å²) < 4.78 is 10.2. The molecule has 0 aromatic heterocycles. The van der Waals surface area contributed by atoms with Crippen LogP contribution in [-0.4, -0.2) is 0 Å². The highest BCUT2D eigenvalue weighted by Gasteiger charge is 2.22. The van der Waals surface area contributed by atoms with E-state index in [2.05, 4.69) is 0 Å². The first-order valence-electron chi connectivity index (χ1n) is 3.48. The van der Waals surface area contributed by atoms with Crippen molar-refractivity contribution in [3.8, 4) is 5.75 Å². The predicted octanol–water partition coefficient (Wildman–Crippen LogP) is 2.28. The minimum absolute atomic E-state index is 0.635. The molecule has 1 heterocycles. The summed E-state index contributed by atoms with van der Waals surface area (Å²) in [7, 11) is 0. The quantitative estimate of drug-likeness (QED) is 0.641. The standard InChI is InChI=1S/C9H8O2/c1-7-9(10-7)11-8-5-3-2-4-6-8/h2-6H,1H3. The number of rotatable bonds is 2. The van der Waals surface area contributed by atoms with Gasteiger partial charge >= 0.3 is 5.95 Å². The Hall–Kier alpha value is -1.44. The molecule has 0 radical (unpaired) electrons. The van der Waals surface area contributed by atoms with Crippen LogP contribution in [0.1, 0.15) is 6.92 Å². The van der Waals surface area contributed by atoms with E-state index < -0.39 is 0 Å². The number of hydrogen-bond acceptors (Lipinski definition) is 2. The number of hydrogen-bond donors (Lipinski definition) is 0. The van der Waals surface area contributed by atoms with Crippen molar-refractivity contribution in [2.24, 2.45) is 0 Å². The molecule has 0 atom stereocenters. The Labute approximate surface area is 65.1 Å². The highest BCUT2D eigenvalue weighted by atomic mass is 16.7. The second kappa shape index (κ2) is 2.31. The molecule has 0 unspecified atom stereocenters. The minimum atomic E-state index is 0.635. The molecule has 0 aliphatic carbocycles. The largest absolute Gasteiger partial charge is 0.424 e. The van der Waals surface area contributed by atoms with Crippen LogP contribution in [0.5, 0.6) is 5.75 Å². The fourth-order valence-electron chi connectivity index (χ4n) is 0.802. The van der Waals surface area contributed by atoms with Crippen LogP contribution in [-0.2, 0) is 4.74 Å². The Balaban J connectivity index is 2.08. The summed E-state index contributed by atoms with van der Waals surface area (Å²) in [6, 6.07) is 9.58. The highest BCUT2D eigenvalue weighted by molar-refractivity contribution is 5.25. The molecule has 2 nitrogen and oxygen atoms in total. The Bertz CT molecular complexity index is 288. The molecule has 0 fully saturated rings. The van der Waals surface area contributed by atoms with Gasteiger partial charge in [-0.3, -0.25) is 0 Å². The van der Waals surface area contributed by atoms with Gasteiger partial charge in [0.2, 0.25) is 0 Å². The van der Waals surface area contributed by atoms with Gasteiger partial charge in [-0.1, -0.05) is 18.2 Å². The van der Waals surface area contributed by atoms with Crippen molar-refractivity contribution < 1.29 is 9.47 Å². The van der Waals surface area contributed by atoms with E-state index in [1.54, 1.807) is 0 Å². The summed E-state index contributed by atoms with van der Waals surface area (Å²) in [5.74, 6) is 2.32. The molecular weight excluding hydrogens is 140 g/mol. The Morgan fingerprint density at radius 1 is 1.18 bits per heavy atom. The summed E-state index contributed by atoms with van der Waals surface area (Å²) in [5, 5.41) is 0. The average molecular weight is 148 g/mol. The normalized spacial score (nSPS) is 14.3. The molecule has 1 aromatic rings. The summed E-state index contributed by atoms with van der Waals surface area (Å²) in [6.07, 6.45) is 0. The van der Waals surface area contributed by atoms with Gasteiger partial charge in [-0.15, -0.1) is 0 Å². The lowest BCUT2D eigenvalue weighted by Crippen LogP contribution is -1.82. The van der Waals surface area contributed by atoms with Crippen LogP contribution in [0, 0.1) is 0 Å². The molecule has 2 rings (SSSR count). The van der Waals surface area contributed by atoms with Crippen LogP contribution in [0.15, 0.2) is 42.0 Å². The van der Waals surface area contributed by atoms with E-state index >= 15 is 0 Å². The fraction of sp³-hybridized carbons (Fsp3) is 0.111. The Kier molecular flexibility index (Phi) is 1.32. The van der Waals surface area contributed by atoms with E-state index in [1.807, 2.05) is 37.3 Å². The third-order valence-electron chi connectivity index (χ3n) is 1.45. The van der Waals surface area contributed by atoms with Gasteiger partial charge in [0.15, 0.2) is 5.76 Å². The predicted molar refractivity (Wildman–Crippen MR) is 40.9 cm³/mol. The monoisotopic (exact) mass is 148 g/mol. The average Bonchev–Trinajstić information content (AvgIpc) is 2.69. The van der Waals surface area contributed by atoms with Crippen molar-refractivity contribution in [3.05, 3.63) is 42.0 Å². The van der Waals surface area contributed by atoms with Crippen molar-refractivity contribution in [1.82, 2.24) is 0 Å². The van der Waals surface area contributed by atoms with Crippen LogP contribution in [0.3, 0.4) is 0 Å². The van der Waals surface area contributed by atoms with E-state index in [0.29, 0.717) is 5.95 Å². The zero-order valence-electron chi connectivity index (χ0n) is 6.20. The molecule has 0 saturated heterocycles. The number of ether oxygens (including phenoxy) is 2. The summed E-state index contributed by atoms with van der Waals surface area (Å²) in [5.41, 5.74) is 0. The Morgan fingerprint density at radius 2 is 1.82 bits per heavy atom. The van der Waals surface area contributed by atoms with Crippen molar-refractivity contribution in [3.63, 3.8) is 0 Å². The van der Waals surface area contributed by atoms with Crippen LogP contribution in [0.25, 0.3) is 0 Å². The summed E-state index contributed by atoms with van der Waals surface area (Å²) >= 11 is 0. The highest BCUT2D eigenvalue weighted by Crippen LogP contribution is 2.27. The van der Waals surface area contributed by atoms with Crippen molar-refractivity contribution >= 4 is 0 Å². The second-order valence-corrected chi connectivity index (χ2v) is 2.36. The molecule has 11 heavy (non-hydrogen) atoms. The SMILES string of the molecule is CC1=C(Oc2ccccc2)O1. The van der Waals surface area contributed by atoms with E-state index in [-0.39, 0.29) is 0 Å². The number of benzene rings is 1. The fourth-order valence-corrected chi connectivity index (χ4v) is 0.802. The van der Waals surface area contributed by atoms with Crippen molar-refractivity contribution in [1.29, 1.82) is 0 Å². The molecular formula is C9H8O2. The van der Waals surface area contributed by atoms with Gasteiger partial charge in [-0.2, -0.15) is 0 Å². The molecule has 2 heteroatoms. The van der Waals surface area contributed by atoms with E-state index in [1.165, 1.54) is 0 Å². The minimum Gasteiger partial charge on any atom is -0.424 e. The lowest BCUT2D eigenvalue weighted by atomic mass is 10.3. The van der Waals surface area contributed by atoms with Gasteiger partial charge in [0.25, 0.3) is 0 Å². The molecule has 56 valence electrons. The molecule has 1 aromatic carbocycles. The zero-order valence-corrected chi connectivity index (χ0v) is 6.20. The topological polar surface area (TPSA) is 21.8 Å². The third-order valence-corrected chi connectivity index (χ3v) is 1.45. The molecule has 0 amide bonds. The lowest BCUT2D eigenvalue weighted by molar-refractivity contribution is 0.291. The Morgan fingerprint density at radius 3 is 2.36 bits per heavy atom. The molecule has 0 N–H and O–H groups in total. The van der Waals surface area contributed by atoms with Crippen LogP contribution in [0.2, 0.25) is 0 Å². The first-order chi connectivity index (χ1) is 5.36. The maximum Gasteiger partial charge on any atom is 0.330 e. The summed E-state index contributed by atoms with van der Waals surface area (Å²) in [6.45, 7) is 1.87. The van der Waals surface area contributed by atoms with Crippen LogP contribution in [0.4, 0.5) is 0 Å². The first kappa shape index (κ1) is 6.28. The van der Waals surface area contributed by atoms with Crippen molar-refractivity contribution in [2.45, 2.75) is 6.92 Å². The van der Waals surface area contributed by atoms with Crippen LogP contribution >= 0.6 is 0 Å². The van der Waals surface area contributed by atoms with E-state index in [4.69, 9.17) is 9.47 Å². The van der Waals surface area contributed by atoms with Gasteiger partial charge in [0, 0.05) is 6.92 Å². The first-order valence-corrected chi connectivity index (χ1v) is 3.48. The van der Waals surface area contributed by atoms with Gasteiger partial charge in [-0.25, -0.2) is 0 Å². The molecule has 0 spiro atoms. The van der Waals surface area contributed by atoms with Gasteiger partial charge in [-0.05, 0) is 12.1 Å². The maximum absolute atomic E-state index is 5.29. The summed E-state index contributed by atoms with van der Waals surface area (Å²) in [4.78, 5) is 0. The smallest absolute Gasteiger partial charge is 0.330 e.